The molecule has 0 saturated carbocycles. The van der Waals surface area contributed by atoms with Crippen LogP contribution in [0.4, 0.5) is 0 Å². The van der Waals surface area contributed by atoms with Crippen molar-refractivity contribution in [2.45, 2.75) is 43.6 Å². The van der Waals surface area contributed by atoms with Crippen LogP contribution in [0, 0.1) is 0 Å². The van der Waals surface area contributed by atoms with Crippen molar-refractivity contribution >= 4 is 17.5 Å². The van der Waals surface area contributed by atoms with Crippen LogP contribution in [0.5, 0.6) is 0 Å². The van der Waals surface area contributed by atoms with Crippen LogP contribution in [0.25, 0.3) is 0 Å². The zero-order valence-corrected chi connectivity index (χ0v) is 10.2. The molecule has 1 amide bonds. The molecular formula is C11H19ClN2O. The third-order valence-corrected chi connectivity index (χ3v) is 3.99. The van der Waals surface area contributed by atoms with Gasteiger partial charge in [0.25, 0.3) is 0 Å². The Bertz CT molecular complexity index is 257. The standard InChI is InChI=1S/C11H19ClN2O/c1-8(12)11(15)14-6-5-9-3-4-10(7-14)13(9)2/h8-10H,3-7H2,1-2H3. The summed E-state index contributed by atoms with van der Waals surface area (Å²) in [5.41, 5.74) is 0. The topological polar surface area (TPSA) is 23.6 Å². The molecule has 86 valence electrons. The van der Waals surface area contributed by atoms with Crippen LogP contribution < -0.4 is 0 Å². The highest BCUT2D eigenvalue weighted by Gasteiger charge is 2.36. The SMILES string of the molecule is CC(Cl)C(=O)N1CCC2CCC(C1)N2C. The molecule has 15 heavy (non-hydrogen) atoms. The Balaban J connectivity index is 2.03. The molecule has 0 spiro atoms. The molecule has 0 radical (unpaired) electrons. The number of halogens is 1. The van der Waals surface area contributed by atoms with Crippen molar-refractivity contribution in [2.75, 3.05) is 20.1 Å². The van der Waals surface area contributed by atoms with Crippen molar-refractivity contribution in [3.63, 3.8) is 0 Å². The van der Waals surface area contributed by atoms with E-state index in [9.17, 15) is 4.79 Å². The Hall–Kier alpha value is -0.280. The maximum atomic E-state index is 11.8. The summed E-state index contributed by atoms with van der Waals surface area (Å²) in [5.74, 6) is 0.0950. The van der Waals surface area contributed by atoms with Crippen LogP contribution in [-0.4, -0.2) is 53.3 Å². The number of hydrogen-bond acceptors (Lipinski definition) is 2. The monoisotopic (exact) mass is 230 g/mol. The maximum absolute atomic E-state index is 11.8. The fraction of sp³-hybridized carbons (Fsp3) is 0.909. The fourth-order valence-corrected chi connectivity index (χ4v) is 2.90. The number of carbonyl (C=O) groups is 1. The molecule has 2 heterocycles. The van der Waals surface area contributed by atoms with Gasteiger partial charge in [-0.05, 0) is 33.2 Å². The molecule has 2 aliphatic rings. The Kier molecular flexibility index (Phi) is 3.21. The number of alkyl halides is 1. The van der Waals surface area contributed by atoms with E-state index in [2.05, 4.69) is 11.9 Å². The molecular weight excluding hydrogens is 212 g/mol. The van der Waals surface area contributed by atoms with Gasteiger partial charge in [-0.25, -0.2) is 0 Å². The van der Waals surface area contributed by atoms with Crippen LogP contribution in [0.15, 0.2) is 0 Å². The molecule has 3 nitrogen and oxygen atoms in total. The Labute approximate surface area is 96.4 Å². The highest BCUT2D eigenvalue weighted by molar-refractivity contribution is 6.30. The zero-order valence-electron chi connectivity index (χ0n) is 9.45. The molecule has 2 saturated heterocycles. The molecule has 0 aromatic rings. The van der Waals surface area contributed by atoms with Crippen molar-refractivity contribution in [3.8, 4) is 0 Å². The lowest BCUT2D eigenvalue weighted by atomic mass is 10.1. The number of likely N-dealkylation sites (tertiary alicyclic amines) is 1. The summed E-state index contributed by atoms with van der Waals surface area (Å²) in [4.78, 5) is 16.2. The predicted molar refractivity (Wildman–Crippen MR) is 61.1 cm³/mol. The van der Waals surface area contributed by atoms with Gasteiger partial charge in [0.05, 0.1) is 0 Å². The number of fused-ring (bicyclic) bond motifs is 2. The summed E-state index contributed by atoms with van der Waals surface area (Å²) in [5, 5.41) is -0.382. The molecule has 2 rings (SSSR count). The molecule has 3 unspecified atom stereocenters. The number of amides is 1. The summed E-state index contributed by atoms with van der Waals surface area (Å²) in [6, 6.07) is 1.23. The second-order valence-electron chi connectivity index (χ2n) is 4.74. The summed E-state index contributed by atoms with van der Waals surface area (Å²) in [6.07, 6.45) is 3.61. The minimum atomic E-state index is -0.382. The molecule has 3 atom stereocenters. The first-order valence-corrected chi connectivity index (χ1v) is 6.18. The van der Waals surface area contributed by atoms with Crippen molar-refractivity contribution < 1.29 is 4.79 Å². The lowest BCUT2D eigenvalue weighted by molar-refractivity contribution is -0.130. The van der Waals surface area contributed by atoms with Gasteiger partial charge in [0.15, 0.2) is 0 Å². The highest BCUT2D eigenvalue weighted by atomic mass is 35.5. The van der Waals surface area contributed by atoms with E-state index < -0.39 is 0 Å². The Morgan fingerprint density at radius 3 is 2.67 bits per heavy atom. The normalized spacial score (nSPS) is 33.9. The van der Waals surface area contributed by atoms with Gasteiger partial charge in [-0.3, -0.25) is 9.69 Å². The van der Waals surface area contributed by atoms with Gasteiger partial charge >= 0.3 is 0 Å². The van der Waals surface area contributed by atoms with E-state index in [1.54, 1.807) is 6.92 Å². The van der Waals surface area contributed by atoms with E-state index in [0.29, 0.717) is 12.1 Å². The second-order valence-corrected chi connectivity index (χ2v) is 5.39. The Morgan fingerprint density at radius 1 is 1.33 bits per heavy atom. The predicted octanol–water partition coefficient (Wildman–Crippen LogP) is 1.31. The van der Waals surface area contributed by atoms with Crippen LogP contribution in [0.3, 0.4) is 0 Å². The van der Waals surface area contributed by atoms with Crippen molar-refractivity contribution in [2.24, 2.45) is 0 Å². The van der Waals surface area contributed by atoms with Gasteiger partial charge in [-0.15, -0.1) is 11.6 Å². The quantitative estimate of drug-likeness (QED) is 0.635. The maximum Gasteiger partial charge on any atom is 0.240 e. The minimum Gasteiger partial charge on any atom is -0.340 e. The lowest BCUT2D eigenvalue weighted by Gasteiger charge is -2.26. The van der Waals surface area contributed by atoms with E-state index in [0.717, 1.165) is 19.5 Å². The molecule has 0 N–H and O–H groups in total. The van der Waals surface area contributed by atoms with Crippen LogP contribution >= 0.6 is 11.6 Å². The van der Waals surface area contributed by atoms with E-state index in [1.165, 1.54) is 12.8 Å². The molecule has 0 aromatic heterocycles. The van der Waals surface area contributed by atoms with E-state index >= 15 is 0 Å². The second kappa shape index (κ2) is 4.30. The van der Waals surface area contributed by atoms with Gasteiger partial charge in [-0.1, -0.05) is 0 Å². The average Bonchev–Trinajstić information content (AvgIpc) is 2.40. The van der Waals surface area contributed by atoms with Crippen LogP contribution in [0.1, 0.15) is 26.2 Å². The summed E-state index contributed by atoms with van der Waals surface area (Å²) >= 11 is 5.85. The molecule has 0 aliphatic carbocycles. The van der Waals surface area contributed by atoms with Gasteiger partial charge in [0.1, 0.15) is 5.38 Å². The van der Waals surface area contributed by atoms with Crippen molar-refractivity contribution in [3.05, 3.63) is 0 Å². The van der Waals surface area contributed by atoms with Gasteiger partial charge in [0, 0.05) is 25.2 Å². The smallest absolute Gasteiger partial charge is 0.240 e. The summed E-state index contributed by atoms with van der Waals surface area (Å²) in [7, 11) is 2.18. The van der Waals surface area contributed by atoms with Gasteiger partial charge in [-0.2, -0.15) is 0 Å². The number of carbonyl (C=O) groups excluding carboxylic acids is 1. The molecule has 4 heteroatoms. The van der Waals surface area contributed by atoms with E-state index in [1.807, 2.05) is 4.90 Å². The number of nitrogens with zero attached hydrogens (tertiary/aromatic N) is 2. The zero-order chi connectivity index (χ0) is 11.0. The fourth-order valence-electron chi connectivity index (χ4n) is 2.76. The molecule has 2 aliphatic heterocycles. The van der Waals surface area contributed by atoms with Crippen molar-refractivity contribution in [1.82, 2.24) is 9.80 Å². The van der Waals surface area contributed by atoms with E-state index in [4.69, 9.17) is 11.6 Å². The molecule has 0 aromatic carbocycles. The lowest BCUT2D eigenvalue weighted by Crippen LogP contribution is -2.42. The minimum absolute atomic E-state index is 0.0950. The van der Waals surface area contributed by atoms with Crippen LogP contribution in [0.2, 0.25) is 0 Å². The molecule has 2 fully saturated rings. The summed E-state index contributed by atoms with van der Waals surface area (Å²) < 4.78 is 0. The largest absolute Gasteiger partial charge is 0.340 e. The number of likely N-dealkylation sites (N-methyl/N-ethyl adjacent to an activating group) is 1. The average molecular weight is 231 g/mol. The number of rotatable bonds is 1. The van der Waals surface area contributed by atoms with E-state index in [-0.39, 0.29) is 11.3 Å². The first-order valence-electron chi connectivity index (χ1n) is 5.74. The van der Waals surface area contributed by atoms with Crippen LogP contribution in [-0.2, 0) is 4.79 Å². The summed E-state index contributed by atoms with van der Waals surface area (Å²) in [6.45, 7) is 3.50. The molecule has 2 bridgehead atoms. The third kappa shape index (κ3) is 2.13. The first kappa shape index (κ1) is 11.2. The van der Waals surface area contributed by atoms with Crippen molar-refractivity contribution in [1.29, 1.82) is 0 Å². The van der Waals surface area contributed by atoms with Gasteiger partial charge < -0.3 is 4.90 Å². The third-order valence-electron chi connectivity index (χ3n) is 3.80. The first-order chi connectivity index (χ1) is 7.09. The van der Waals surface area contributed by atoms with Gasteiger partial charge in [0.2, 0.25) is 5.91 Å². The Morgan fingerprint density at radius 2 is 2.00 bits per heavy atom. The number of hydrogen-bond donors (Lipinski definition) is 0. The highest BCUT2D eigenvalue weighted by Crippen LogP contribution is 2.28.